The molecule has 1 aromatic heterocycles. The molecule has 0 spiro atoms. The normalized spacial score (nSPS) is 12.3. The Morgan fingerprint density at radius 3 is 2.72 bits per heavy atom. The Bertz CT molecular complexity index is 1130. The average Bonchev–Trinajstić information content (AvgIpc) is 2.94. The van der Waals surface area contributed by atoms with E-state index < -0.39 is 0 Å². The minimum Gasteiger partial charge on any atom is -0.493 e. The standard InChI is InChI=1S/C24H27N5O3/c1-25-10-4-5-15-6-8-18-19(11-15)28-22(30)12-16-14-26-24(29-23(16)18)27-17-7-9-20(31-2)21(13-17)32-3/h6-9,11,13-14,25H,4-5,10,12H2,1-3H3,(H,28,30)(H,26,27,29). The van der Waals surface area contributed by atoms with Crippen molar-refractivity contribution in [2.24, 2.45) is 0 Å². The van der Waals surface area contributed by atoms with E-state index in [0.717, 1.165) is 47.6 Å². The number of amides is 1. The van der Waals surface area contributed by atoms with Gasteiger partial charge in [0.15, 0.2) is 11.5 Å². The van der Waals surface area contributed by atoms with Crippen LogP contribution in [0.2, 0.25) is 0 Å². The van der Waals surface area contributed by atoms with Crippen molar-refractivity contribution in [1.29, 1.82) is 0 Å². The summed E-state index contributed by atoms with van der Waals surface area (Å²) < 4.78 is 10.7. The van der Waals surface area contributed by atoms with Gasteiger partial charge < -0.3 is 25.4 Å². The summed E-state index contributed by atoms with van der Waals surface area (Å²) in [4.78, 5) is 21.6. The molecule has 0 unspecified atom stereocenters. The lowest BCUT2D eigenvalue weighted by Crippen LogP contribution is -2.13. The van der Waals surface area contributed by atoms with Crippen LogP contribution in [-0.2, 0) is 17.6 Å². The maximum atomic E-state index is 12.5. The van der Waals surface area contributed by atoms with Gasteiger partial charge in [0, 0.05) is 29.1 Å². The van der Waals surface area contributed by atoms with E-state index >= 15 is 0 Å². The second-order valence-electron chi connectivity index (χ2n) is 7.57. The number of hydrogen-bond acceptors (Lipinski definition) is 7. The number of hydrogen-bond donors (Lipinski definition) is 3. The molecule has 8 heteroatoms. The molecule has 0 bridgehead atoms. The van der Waals surface area contributed by atoms with E-state index in [2.05, 4.69) is 27.0 Å². The first-order valence-corrected chi connectivity index (χ1v) is 10.5. The van der Waals surface area contributed by atoms with E-state index in [1.54, 1.807) is 20.4 Å². The number of methoxy groups -OCH3 is 2. The third kappa shape index (κ3) is 4.65. The zero-order chi connectivity index (χ0) is 22.5. The Hall–Kier alpha value is -3.65. The topological polar surface area (TPSA) is 97.4 Å². The third-order valence-electron chi connectivity index (χ3n) is 5.36. The molecule has 0 radical (unpaired) electrons. The summed E-state index contributed by atoms with van der Waals surface area (Å²) in [7, 11) is 5.13. The smallest absolute Gasteiger partial charge is 0.228 e. The van der Waals surface area contributed by atoms with Crippen molar-refractivity contribution >= 4 is 23.2 Å². The van der Waals surface area contributed by atoms with Crippen LogP contribution in [0.3, 0.4) is 0 Å². The molecule has 1 amide bonds. The minimum atomic E-state index is -0.0680. The number of rotatable bonds is 8. The fourth-order valence-electron chi connectivity index (χ4n) is 3.77. The SMILES string of the molecule is CNCCCc1ccc2c(c1)NC(=O)Cc1cnc(Nc3ccc(OC)c(OC)c3)nc1-2. The van der Waals surface area contributed by atoms with Crippen molar-refractivity contribution in [2.45, 2.75) is 19.3 Å². The Morgan fingerprint density at radius 1 is 1.09 bits per heavy atom. The van der Waals surface area contributed by atoms with Gasteiger partial charge in [-0.25, -0.2) is 9.97 Å². The van der Waals surface area contributed by atoms with Crippen molar-refractivity contribution in [3.05, 3.63) is 53.7 Å². The number of nitrogens with one attached hydrogen (secondary N) is 3. The number of aryl methyl sites for hydroxylation is 1. The highest BCUT2D eigenvalue weighted by molar-refractivity contribution is 6.00. The maximum Gasteiger partial charge on any atom is 0.228 e. The van der Waals surface area contributed by atoms with Crippen molar-refractivity contribution in [3.63, 3.8) is 0 Å². The van der Waals surface area contributed by atoms with Crippen LogP contribution < -0.4 is 25.4 Å². The summed E-state index contributed by atoms with van der Waals surface area (Å²) in [5, 5.41) is 9.40. The van der Waals surface area contributed by atoms with E-state index in [9.17, 15) is 4.79 Å². The van der Waals surface area contributed by atoms with Gasteiger partial charge in [0.05, 0.1) is 32.0 Å². The lowest BCUT2D eigenvalue weighted by Gasteiger charge is -2.13. The van der Waals surface area contributed by atoms with Gasteiger partial charge in [-0.1, -0.05) is 12.1 Å². The van der Waals surface area contributed by atoms with Gasteiger partial charge in [-0.2, -0.15) is 0 Å². The van der Waals surface area contributed by atoms with Crippen LogP contribution in [0.5, 0.6) is 11.5 Å². The molecular formula is C24H27N5O3. The number of fused-ring (bicyclic) bond motifs is 3. The highest BCUT2D eigenvalue weighted by atomic mass is 16.5. The van der Waals surface area contributed by atoms with Gasteiger partial charge in [-0.05, 0) is 50.2 Å². The van der Waals surface area contributed by atoms with E-state index in [-0.39, 0.29) is 12.3 Å². The molecule has 1 aliphatic rings. The van der Waals surface area contributed by atoms with Crippen molar-refractivity contribution in [2.75, 3.05) is 38.4 Å². The molecule has 166 valence electrons. The molecule has 2 heterocycles. The molecule has 2 aromatic carbocycles. The predicted octanol–water partition coefficient (Wildman–Crippen LogP) is 3.55. The van der Waals surface area contributed by atoms with Gasteiger partial charge in [-0.3, -0.25) is 4.79 Å². The molecule has 0 aliphatic carbocycles. The number of anilines is 3. The van der Waals surface area contributed by atoms with Gasteiger partial charge in [0.1, 0.15) is 0 Å². The Balaban J connectivity index is 1.66. The van der Waals surface area contributed by atoms with E-state index in [1.165, 1.54) is 5.56 Å². The monoisotopic (exact) mass is 433 g/mol. The zero-order valence-electron chi connectivity index (χ0n) is 18.5. The summed E-state index contributed by atoms with van der Waals surface area (Å²) >= 11 is 0. The predicted molar refractivity (Wildman–Crippen MR) is 125 cm³/mol. The zero-order valence-corrected chi connectivity index (χ0v) is 18.5. The van der Waals surface area contributed by atoms with Gasteiger partial charge >= 0.3 is 0 Å². The molecule has 1 aliphatic heterocycles. The molecule has 3 N–H and O–H groups in total. The van der Waals surface area contributed by atoms with Gasteiger partial charge in [0.2, 0.25) is 11.9 Å². The van der Waals surface area contributed by atoms with E-state index in [1.807, 2.05) is 37.4 Å². The van der Waals surface area contributed by atoms with Crippen LogP contribution in [0.15, 0.2) is 42.6 Å². The molecule has 0 saturated carbocycles. The van der Waals surface area contributed by atoms with Gasteiger partial charge in [0.25, 0.3) is 0 Å². The molecular weight excluding hydrogens is 406 g/mol. The summed E-state index contributed by atoms with van der Waals surface area (Å²) in [5.41, 5.74) is 5.17. The molecule has 32 heavy (non-hydrogen) atoms. The first-order chi connectivity index (χ1) is 15.6. The molecule has 8 nitrogen and oxygen atoms in total. The highest BCUT2D eigenvalue weighted by Crippen LogP contribution is 2.35. The number of ether oxygens (including phenoxy) is 2. The van der Waals surface area contributed by atoms with Crippen LogP contribution in [-0.4, -0.2) is 43.7 Å². The number of aromatic nitrogens is 2. The van der Waals surface area contributed by atoms with Crippen molar-refractivity contribution in [3.8, 4) is 22.8 Å². The highest BCUT2D eigenvalue weighted by Gasteiger charge is 2.21. The van der Waals surface area contributed by atoms with Crippen LogP contribution >= 0.6 is 0 Å². The Kier molecular flexibility index (Phi) is 6.51. The fourth-order valence-corrected chi connectivity index (χ4v) is 3.77. The van der Waals surface area contributed by atoms with Crippen LogP contribution in [0, 0.1) is 0 Å². The Labute approximate surface area is 187 Å². The number of carbonyl (C=O) groups is 1. The van der Waals surface area contributed by atoms with Crippen molar-refractivity contribution < 1.29 is 14.3 Å². The fraction of sp³-hybridized carbons (Fsp3) is 0.292. The number of nitrogens with zero attached hydrogens (tertiary/aromatic N) is 2. The van der Waals surface area contributed by atoms with E-state index in [4.69, 9.17) is 14.5 Å². The summed E-state index contributed by atoms with van der Waals surface area (Å²) in [5.74, 6) is 1.62. The summed E-state index contributed by atoms with van der Waals surface area (Å²) in [6.07, 6.45) is 3.91. The quantitative estimate of drug-likeness (QED) is 0.468. The lowest BCUT2D eigenvalue weighted by molar-refractivity contribution is -0.115. The second kappa shape index (κ2) is 9.65. The lowest BCUT2D eigenvalue weighted by atomic mass is 10.0. The summed E-state index contributed by atoms with van der Waals surface area (Å²) in [6.45, 7) is 0.949. The largest absolute Gasteiger partial charge is 0.493 e. The van der Waals surface area contributed by atoms with E-state index in [0.29, 0.717) is 17.4 Å². The second-order valence-corrected chi connectivity index (χ2v) is 7.57. The third-order valence-corrected chi connectivity index (χ3v) is 5.36. The number of benzene rings is 2. The molecule has 0 atom stereocenters. The summed E-state index contributed by atoms with van der Waals surface area (Å²) in [6, 6.07) is 11.7. The molecule has 4 rings (SSSR count). The number of carbonyl (C=O) groups excluding carboxylic acids is 1. The maximum absolute atomic E-state index is 12.5. The van der Waals surface area contributed by atoms with Crippen LogP contribution in [0.25, 0.3) is 11.3 Å². The molecule has 0 fully saturated rings. The first-order valence-electron chi connectivity index (χ1n) is 10.5. The minimum absolute atomic E-state index is 0.0680. The molecule has 3 aromatic rings. The first kappa shape index (κ1) is 21.6. The average molecular weight is 434 g/mol. The van der Waals surface area contributed by atoms with Gasteiger partial charge in [-0.15, -0.1) is 0 Å². The van der Waals surface area contributed by atoms with Crippen molar-refractivity contribution in [1.82, 2.24) is 15.3 Å². The molecule has 0 saturated heterocycles. The van der Waals surface area contributed by atoms with Crippen LogP contribution in [0.4, 0.5) is 17.3 Å². The Morgan fingerprint density at radius 2 is 1.94 bits per heavy atom. The van der Waals surface area contributed by atoms with Crippen LogP contribution in [0.1, 0.15) is 17.5 Å².